The van der Waals surface area contributed by atoms with Gasteiger partial charge in [-0.3, -0.25) is 4.90 Å². The van der Waals surface area contributed by atoms with Crippen LogP contribution in [0.4, 0.5) is 0 Å². The van der Waals surface area contributed by atoms with Gasteiger partial charge < -0.3 is 5.32 Å². The second kappa shape index (κ2) is 5.02. The smallest absolute Gasteiger partial charge is 0.0379 e. The first-order valence-corrected chi connectivity index (χ1v) is 7.27. The van der Waals surface area contributed by atoms with Crippen LogP contribution < -0.4 is 5.32 Å². The van der Waals surface area contributed by atoms with Crippen LogP contribution in [0.15, 0.2) is 18.2 Å². The molecule has 1 aliphatic carbocycles. The summed E-state index contributed by atoms with van der Waals surface area (Å²) in [6.45, 7) is 9.17. The Morgan fingerprint density at radius 1 is 1.17 bits per heavy atom. The molecular formula is C16H24N2. The Bertz CT molecular complexity index is 417. The van der Waals surface area contributed by atoms with E-state index in [9.17, 15) is 0 Å². The number of rotatable bonds is 3. The zero-order valence-electron chi connectivity index (χ0n) is 11.6. The third-order valence-corrected chi connectivity index (χ3v) is 4.36. The van der Waals surface area contributed by atoms with Crippen molar-refractivity contribution in [1.82, 2.24) is 10.2 Å². The van der Waals surface area contributed by atoms with Crippen molar-refractivity contribution in [2.45, 2.75) is 32.7 Å². The number of nitrogens with zero attached hydrogens (tertiary/aromatic N) is 1. The molecule has 0 aromatic heterocycles. The largest absolute Gasteiger partial charge is 0.314 e. The van der Waals surface area contributed by atoms with Gasteiger partial charge in [-0.25, -0.2) is 0 Å². The fraction of sp³-hybridized carbons (Fsp3) is 0.625. The lowest BCUT2D eigenvalue weighted by Gasteiger charge is -2.36. The van der Waals surface area contributed by atoms with Crippen LogP contribution in [0, 0.1) is 19.8 Å². The summed E-state index contributed by atoms with van der Waals surface area (Å²) < 4.78 is 0. The maximum Gasteiger partial charge on any atom is 0.0379 e. The summed E-state index contributed by atoms with van der Waals surface area (Å²) in [6.07, 6.45) is 2.84. The Morgan fingerprint density at radius 3 is 2.50 bits per heavy atom. The Kier molecular flexibility index (Phi) is 3.40. The highest BCUT2D eigenvalue weighted by Gasteiger charge is 2.37. The highest BCUT2D eigenvalue weighted by atomic mass is 15.2. The average Bonchev–Trinajstić information content (AvgIpc) is 3.18. The normalized spacial score (nSPS) is 23.0. The molecule has 0 amide bonds. The zero-order valence-corrected chi connectivity index (χ0v) is 11.6. The molecule has 1 aromatic rings. The third kappa shape index (κ3) is 2.45. The molecule has 2 fully saturated rings. The van der Waals surface area contributed by atoms with E-state index >= 15 is 0 Å². The molecular weight excluding hydrogens is 220 g/mol. The van der Waals surface area contributed by atoms with Crippen molar-refractivity contribution in [3.8, 4) is 0 Å². The van der Waals surface area contributed by atoms with Gasteiger partial charge in [-0.05, 0) is 43.7 Å². The minimum atomic E-state index is 0.674. The molecule has 0 radical (unpaired) electrons. The van der Waals surface area contributed by atoms with Gasteiger partial charge in [-0.2, -0.15) is 0 Å². The Morgan fingerprint density at radius 2 is 1.89 bits per heavy atom. The van der Waals surface area contributed by atoms with Crippen LogP contribution in [-0.2, 0) is 0 Å². The SMILES string of the molecule is Cc1ccc([C@H](C2CC2)N2CCNCC2)c(C)c1. The molecule has 2 heteroatoms. The van der Waals surface area contributed by atoms with Crippen molar-refractivity contribution in [1.29, 1.82) is 0 Å². The molecule has 0 bridgehead atoms. The van der Waals surface area contributed by atoms with Gasteiger partial charge in [0.15, 0.2) is 0 Å². The maximum absolute atomic E-state index is 3.46. The Labute approximate surface area is 110 Å². The van der Waals surface area contributed by atoms with Crippen LogP contribution in [0.5, 0.6) is 0 Å². The highest BCUT2D eigenvalue weighted by Crippen LogP contribution is 2.45. The van der Waals surface area contributed by atoms with Crippen LogP contribution >= 0.6 is 0 Å². The van der Waals surface area contributed by atoms with Crippen molar-refractivity contribution < 1.29 is 0 Å². The van der Waals surface area contributed by atoms with E-state index in [-0.39, 0.29) is 0 Å². The second-order valence-electron chi connectivity index (χ2n) is 5.93. The van der Waals surface area contributed by atoms with E-state index in [1.54, 1.807) is 5.56 Å². The molecule has 98 valence electrons. The minimum absolute atomic E-state index is 0.674. The van der Waals surface area contributed by atoms with Gasteiger partial charge >= 0.3 is 0 Å². The lowest BCUT2D eigenvalue weighted by Crippen LogP contribution is -2.45. The number of aryl methyl sites for hydroxylation is 2. The van der Waals surface area contributed by atoms with Crippen molar-refractivity contribution in [3.63, 3.8) is 0 Å². The van der Waals surface area contributed by atoms with Crippen LogP contribution in [0.25, 0.3) is 0 Å². The number of hydrogen-bond acceptors (Lipinski definition) is 2. The summed E-state index contributed by atoms with van der Waals surface area (Å²) in [6, 6.07) is 7.66. The van der Waals surface area contributed by atoms with Gasteiger partial charge in [0.05, 0.1) is 0 Å². The number of nitrogens with one attached hydrogen (secondary N) is 1. The molecule has 0 spiro atoms. The lowest BCUT2D eigenvalue weighted by atomic mass is 9.94. The first-order valence-electron chi connectivity index (χ1n) is 7.27. The van der Waals surface area contributed by atoms with Gasteiger partial charge in [-0.15, -0.1) is 0 Å². The number of benzene rings is 1. The van der Waals surface area contributed by atoms with E-state index in [1.807, 2.05) is 0 Å². The molecule has 1 aromatic carbocycles. The molecule has 2 nitrogen and oxygen atoms in total. The predicted molar refractivity (Wildman–Crippen MR) is 75.8 cm³/mol. The van der Waals surface area contributed by atoms with Gasteiger partial charge in [0, 0.05) is 32.2 Å². The van der Waals surface area contributed by atoms with Crippen molar-refractivity contribution >= 4 is 0 Å². The highest BCUT2D eigenvalue weighted by molar-refractivity contribution is 5.34. The fourth-order valence-corrected chi connectivity index (χ4v) is 3.28. The van der Waals surface area contributed by atoms with Crippen molar-refractivity contribution in [3.05, 3.63) is 34.9 Å². The molecule has 1 saturated heterocycles. The van der Waals surface area contributed by atoms with Crippen molar-refractivity contribution in [2.24, 2.45) is 5.92 Å². The lowest BCUT2D eigenvalue weighted by molar-refractivity contribution is 0.155. The minimum Gasteiger partial charge on any atom is -0.314 e. The standard InChI is InChI=1S/C16H24N2/c1-12-3-6-15(13(2)11-12)16(14-4-5-14)18-9-7-17-8-10-18/h3,6,11,14,16-17H,4-5,7-10H2,1-2H3/t16-/m0/s1. The molecule has 1 heterocycles. The fourth-order valence-electron chi connectivity index (χ4n) is 3.28. The van der Waals surface area contributed by atoms with Crippen LogP contribution in [-0.4, -0.2) is 31.1 Å². The predicted octanol–water partition coefficient (Wildman–Crippen LogP) is 2.66. The maximum atomic E-state index is 3.46. The van der Waals surface area contributed by atoms with Crippen LogP contribution in [0.2, 0.25) is 0 Å². The summed E-state index contributed by atoms with van der Waals surface area (Å²) in [5, 5.41) is 3.46. The second-order valence-corrected chi connectivity index (χ2v) is 5.93. The molecule has 1 saturated carbocycles. The van der Waals surface area contributed by atoms with Crippen molar-refractivity contribution in [2.75, 3.05) is 26.2 Å². The molecule has 0 unspecified atom stereocenters. The Balaban J connectivity index is 1.88. The third-order valence-electron chi connectivity index (χ3n) is 4.36. The molecule has 3 rings (SSSR count). The molecule has 1 aliphatic heterocycles. The van der Waals surface area contributed by atoms with Gasteiger partial charge in [0.2, 0.25) is 0 Å². The van der Waals surface area contributed by atoms with Crippen LogP contribution in [0.1, 0.15) is 35.6 Å². The average molecular weight is 244 g/mol. The summed E-state index contributed by atoms with van der Waals surface area (Å²) in [7, 11) is 0. The van der Waals surface area contributed by atoms with E-state index in [0.717, 1.165) is 19.0 Å². The summed E-state index contributed by atoms with van der Waals surface area (Å²) in [5.74, 6) is 0.907. The van der Waals surface area contributed by atoms with Gasteiger partial charge in [0.1, 0.15) is 0 Å². The summed E-state index contributed by atoms with van der Waals surface area (Å²) >= 11 is 0. The quantitative estimate of drug-likeness (QED) is 0.879. The van der Waals surface area contributed by atoms with Crippen LogP contribution in [0.3, 0.4) is 0 Å². The van der Waals surface area contributed by atoms with E-state index < -0.39 is 0 Å². The Hall–Kier alpha value is -0.860. The number of piperazine rings is 1. The first-order chi connectivity index (χ1) is 8.75. The topological polar surface area (TPSA) is 15.3 Å². The van der Waals surface area contributed by atoms with E-state index in [1.165, 1.54) is 37.1 Å². The first kappa shape index (κ1) is 12.2. The molecule has 18 heavy (non-hydrogen) atoms. The number of hydrogen-bond donors (Lipinski definition) is 1. The van der Waals surface area contributed by atoms with E-state index in [4.69, 9.17) is 0 Å². The van der Waals surface area contributed by atoms with Gasteiger partial charge in [0.25, 0.3) is 0 Å². The zero-order chi connectivity index (χ0) is 12.5. The molecule has 2 aliphatic rings. The molecule has 1 atom stereocenters. The van der Waals surface area contributed by atoms with E-state index in [0.29, 0.717) is 6.04 Å². The van der Waals surface area contributed by atoms with Gasteiger partial charge in [-0.1, -0.05) is 23.8 Å². The van der Waals surface area contributed by atoms with E-state index in [2.05, 4.69) is 42.3 Å². The summed E-state index contributed by atoms with van der Waals surface area (Å²) in [5.41, 5.74) is 4.43. The monoisotopic (exact) mass is 244 g/mol. The summed E-state index contributed by atoms with van der Waals surface area (Å²) in [4.78, 5) is 2.70. The molecule has 1 N–H and O–H groups in total.